The van der Waals surface area contributed by atoms with E-state index in [1.807, 2.05) is 25.3 Å². The van der Waals surface area contributed by atoms with Crippen LogP contribution in [0, 0.1) is 11.8 Å². The average Bonchev–Trinajstić information content (AvgIpc) is 3.61. The van der Waals surface area contributed by atoms with Crippen molar-refractivity contribution in [2.24, 2.45) is 11.8 Å². The average molecular weight is 527 g/mol. The first-order valence-electron chi connectivity index (χ1n) is 12.3. The monoisotopic (exact) mass is 526 g/mol. The highest BCUT2D eigenvalue weighted by Gasteiger charge is 2.58. The first kappa shape index (κ1) is 24.3. The summed E-state index contributed by atoms with van der Waals surface area (Å²) in [6.45, 7) is 4.25. The van der Waals surface area contributed by atoms with E-state index in [1.54, 1.807) is 23.8 Å². The number of carbonyl (C=O) groups excluding carboxylic acids is 1. The van der Waals surface area contributed by atoms with Crippen molar-refractivity contribution in [1.82, 2.24) is 24.6 Å². The summed E-state index contributed by atoms with van der Waals surface area (Å²) >= 11 is 0. The van der Waals surface area contributed by atoms with Gasteiger partial charge in [-0.2, -0.15) is 13.2 Å². The Morgan fingerprint density at radius 2 is 2.03 bits per heavy atom. The van der Waals surface area contributed by atoms with Gasteiger partial charge in [-0.25, -0.2) is 19.5 Å². The van der Waals surface area contributed by atoms with Gasteiger partial charge in [-0.3, -0.25) is 4.79 Å². The lowest BCUT2D eigenvalue weighted by Crippen LogP contribution is -2.41. The van der Waals surface area contributed by atoms with Crippen LogP contribution in [0.1, 0.15) is 13.3 Å². The van der Waals surface area contributed by atoms with Crippen LogP contribution >= 0.6 is 0 Å². The van der Waals surface area contributed by atoms with Gasteiger partial charge in [0.05, 0.1) is 36.4 Å². The molecule has 1 aliphatic carbocycles. The number of fused-ring (bicyclic) bond motifs is 2. The summed E-state index contributed by atoms with van der Waals surface area (Å²) in [5, 5.41) is 11.5. The molecular formula is C25H25F3N8O2. The number of hydrogen-bond acceptors (Lipinski definition) is 8. The van der Waals surface area contributed by atoms with Crippen molar-refractivity contribution in [3.05, 3.63) is 36.8 Å². The third-order valence-electron chi connectivity index (χ3n) is 6.97. The van der Waals surface area contributed by atoms with Crippen molar-refractivity contribution in [1.29, 1.82) is 0 Å². The number of nitrogens with zero attached hydrogens (tertiary/aromatic N) is 6. The summed E-state index contributed by atoms with van der Waals surface area (Å²) in [5.74, 6) is -2.27. The van der Waals surface area contributed by atoms with E-state index in [1.165, 1.54) is 6.20 Å². The number of amides is 1. The lowest BCUT2D eigenvalue weighted by molar-refractivity contribution is -0.153. The maximum absolute atomic E-state index is 12.9. The van der Waals surface area contributed by atoms with Crippen molar-refractivity contribution in [3.8, 4) is 11.4 Å². The van der Waals surface area contributed by atoms with Crippen LogP contribution in [0.5, 0.6) is 0 Å². The largest absolute Gasteiger partial charge is 0.392 e. The molecule has 0 radical (unpaired) electrons. The Hall–Kier alpha value is -4.00. The SMILES string of the molecule is CNc1ncc(-c2nc3ccc(N4CCOC(C)C4)cn3n2)c2cc(NC(=O)[C@@H]3C[C@@H]3C(F)(F)F)ncc12. The molecule has 6 rings (SSSR count). The summed E-state index contributed by atoms with van der Waals surface area (Å²) in [6, 6.07) is 5.50. The third-order valence-corrected chi connectivity index (χ3v) is 6.97. The van der Waals surface area contributed by atoms with Crippen LogP contribution in [0.2, 0.25) is 0 Å². The summed E-state index contributed by atoms with van der Waals surface area (Å²) in [4.78, 5) is 28.0. The van der Waals surface area contributed by atoms with E-state index in [0.717, 1.165) is 18.8 Å². The Balaban J connectivity index is 1.34. The van der Waals surface area contributed by atoms with E-state index in [4.69, 9.17) is 4.74 Å². The van der Waals surface area contributed by atoms with E-state index >= 15 is 0 Å². The second-order valence-corrected chi connectivity index (χ2v) is 9.62. The van der Waals surface area contributed by atoms with Crippen molar-refractivity contribution in [3.63, 3.8) is 0 Å². The predicted molar refractivity (Wildman–Crippen MR) is 135 cm³/mol. The van der Waals surface area contributed by atoms with Gasteiger partial charge in [0.2, 0.25) is 5.91 Å². The van der Waals surface area contributed by atoms with Gasteiger partial charge in [0.25, 0.3) is 0 Å². The highest BCUT2D eigenvalue weighted by molar-refractivity contribution is 6.03. The van der Waals surface area contributed by atoms with Gasteiger partial charge in [0.1, 0.15) is 11.6 Å². The molecule has 2 N–H and O–H groups in total. The quantitative estimate of drug-likeness (QED) is 0.405. The number of pyridine rings is 3. The summed E-state index contributed by atoms with van der Waals surface area (Å²) in [5.41, 5.74) is 2.25. The maximum atomic E-state index is 12.9. The summed E-state index contributed by atoms with van der Waals surface area (Å²) < 4.78 is 46.1. The zero-order valence-corrected chi connectivity index (χ0v) is 20.7. The van der Waals surface area contributed by atoms with E-state index in [0.29, 0.717) is 40.2 Å². The minimum absolute atomic E-state index is 0.136. The highest BCUT2D eigenvalue weighted by Crippen LogP contribution is 2.50. The number of nitrogens with one attached hydrogen (secondary N) is 2. The molecule has 38 heavy (non-hydrogen) atoms. The Labute approximate surface area is 215 Å². The Morgan fingerprint density at radius 1 is 1.18 bits per heavy atom. The minimum Gasteiger partial charge on any atom is -0.375 e. The molecule has 5 heterocycles. The van der Waals surface area contributed by atoms with E-state index in [-0.39, 0.29) is 18.3 Å². The van der Waals surface area contributed by atoms with Gasteiger partial charge < -0.3 is 20.3 Å². The van der Waals surface area contributed by atoms with Crippen LogP contribution < -0.4 is 15.5 Å². The number of alkyl halides is 3. The standard InChI is InChI=1S/C25H25F3N8O2/c1-13-11-35(5-6-38-13)14-3-4-21-33-23(34-36(21)12-14)18-10-31-22(29-2)17-9-30-20(8-15(17)18)32-24(37)16-7-19(16)25(26,27)28/h3-4,8-10,12-13,16,19H,5-7,11H2,1-2H3,(H,29,31)(H,30,32,37)/t13?,16-,19+/m1/s1. The summed E-state index contributed by atoms with van der Waals surface area (Å²) in [6.07, 6.45) is 0.610. The van der Waals surface area contributed by atoms with Crippen LogP contribution in [0.15, 0.2) is 36.8 Å². The van der Waals surface area contributed by atoms with Gasteiger partial charge in [-0.1, -0.05) is 0 Å². The second-order valence-electron chi connectivity index (χ2n) is 9.62. The molecule has 1 aliphatic heterocycles. The number of aromatic nitrogens is 5. The molecule has 1 saturated carbocycles. The number of hydrogen-bond donors (Lipinski definition) is 2. The molecule has 0 spiro atoms. The van der Waals surface area contributed by atoms with Gasteiger partial charge in [-0.15, -0.1) is 5.10 Å². The molecule has 4 aromatic rings. The fourth-order valence-corrected chi connectivity index (χ4v) is 4.87. The molecule has 3 atom stereocenters. The van der Waals surface area contributed by atoms with Crippen LogP contribution in [0.25, 0.3) is 27.8 Å². The van der Waals surface area contributed by atoms with E-state index in [9.17, 15) is 18.0 Å². The molecule has 2 fully saturated rings. The number of anilines is 3. The number of morpholine rings is 1. The molecule has 10 nitrogen and oxygen atoms in total. The van der Waals surface area contributed by atoms with Crippen molar-refractivity contribution < 1.29 is 22.7 Å². The van der Waals surface area contributed by atoms with Gasteiger partial charge >= 0.3 is 6.18 Å². The maximum Gasteiger partial charge on any atom is 0.392 e. The lowest BCUT2D eigenvalue weighted by Gasteiger charge is -2.32. The van der Waals surface area contributed by atoms with Crippen LogP contribution in [0.4, 0.5) is 30.5 Å². The van der Waals surface area contributed by atoms with Crippen molar-refractivity contribution in [2.75, 3.05) is 42.3 Å². The molecule has 0 aromatic carbocycles. The van der Waals surface area contributed by atoms with Crippen LogP contribution in [-0.4, -0.2) is 69.5 Å². The number of rotatable bonds is 5. The van der Waals surface area contributed by atoms with Gasteiger partial charge in [-0.05, 0) is 31.5 Å². The zero-order valence-electron chi connectivity index (χ0n) is 20.7. The Kier molecular flexibility index (Phi) is 5.82. The molecule has 1 unspecified atom stereocenters. The lowest BCUT2D eigenvalue weighted by atomic mass is 10.1. The number of carbonyl (C=O) groups is 1. The first-order chi connectivity index (χ1) is 18.2. The predicted octanol–water partition coefficient (Wildman–Crippen LogP) is 3.74. The molecule has 1 amide bonds. The van der Waals surface area contributed by atoms with Crippen molar-refractivity contribution in [2.45, 2.75) is 25.6 Å². The Morgan fingerprint density at radius 3 is 2.76 bits per heavy atom. The summed E-state index contributed by atoms with van der Waals surface area (Å²) in [7, 11) is 1.72. The van der Waals surface area contributed by atoms with Gasteiger partial charge in [0.15, 0.2) is 11.5 Å². The molecule has 2 aliphatic rings. The Bertz CT molecular complexity index is 1540. The van der Waals surface area contributed by atoms with Crippen LogP contribution in [-0.2, 0) is 9.53 Å². The normalized spacial score (nSPS) is 21.6. The fraction of sp³-hybridized carbons (Fsp3) is 0.400. The molecular weight excluding hydrogens is 501 g/mol. The third kappa shape index (κ3) is 4.46. The van der Waals surface area contributed by atoms with Crippen LogP contribution in [0.3, 0.4) is 0 Å². The number of ether oxygens (including phenoxy) is 1. The first-order valence-corrected chi connectivity index (χ1v) is 12.3. The molecule has 13 heteroatoms. The number of halogens is 3. The topological polar surface area (TPSA) is 110 Å². The van der Waals surface area contributed by atoms with Crippen molar-refractivity contribution >= 4 is 39.6 Å². The molecule has 0 bridgehead atoms. The van der Waals surface area contributed by atoms with E-state index < -0.39 is 23.9 Å². The minimum atomic E-state index is -4.38. The zero-order chi connectivity index (χ0) is 26.6. The smallest absolute Gasteiger partial charge is 0.375 e. The van der Waals surface area contributed by atoms with Gasteiger partial charge in [0, 0.05) is 48.9 Å². The fourth-order valence-electron chi connectivity index (χ4n) is 4.87. The second kappa shape index (κ2) is 9.08. The van der Waals surface area contributed by atoms with E-state index in [2.05, 4.69) is 35.6 Å². The molecule has 1 saturated heterocycles. The molecule has 4 aromatic heterocycles. The highest BCUT2D eigenvalue weighted by atomic mass is 19.4. The molecule has 198 valence electrons.